The lowest BCUT2D eigenvalue weighted by atomic mass is 10.0. The summed E-state index contributed by atoms with van der Waals surface area (Å²) >= 11 is 0. The number of hydrogen-bond acceptors (Lipinski definition) is 5. The smallest absolute Gasteiger partial charge is 0.337 e. The summed E-state index contributed by atoms with van der Waals surface area (Å²) in [5.41, 5.74) is 4.07. The van der Waals surface area contributed by atoms with Gasteiger partial charge in [-0.2, -0.15) is 10.6 Å². The molecule has 1 aliphatic heterocycles. The quantitative estimate of drug-likeness (QED) is 0.482. The van der Waals surface area contributed by atoms with Gasteiger partial charge in [0.2, 0.25) is 0 Å². The van der Waals surface area contributed by atoms with Gasteiger partial charge in [0.25, 0.3) is 0 Å². The average molecular weight is 481 g/mol. The second-order valence-corrected chi connectivity index (χ2v) is 10.6. The SMILES string of the molecule is COC(=O)c1ccc(CN(C(=O)N2CCS(O)(O)CC2)c2cccc(-c3ccccc3)c2)cc1. The van der Waals surface area contributed by atoms with Crippen molar-refractivity contribution >= 4 is 28.3 Å². The molecule has 3 aromatic carbocycles. The maximum absolute atomic E-state index is 13.6. The Kier molecular flexibility index (Phi) is 7.21. The van der Waals surface area contributed by atoms with Crippen molar-refractivity contribution in [2.45, 2.75) is 6.54 Å². The van der Waals surface area contributed by atoms with Crippen molar-refractivity contribution in [1.29, 1.82) is 0 Å². The molecule has 0 radical (unpaired) electrons. The number of benzene rings is 3. The maximum atomic E-state index is 13.6. The minimum atomic E-state index is -2.61. The van der Waals surface area contributed by atoms with E-state index in [1.54, 1.807) is 34.1 Å². The molecule has 8 heteroatoms. The average Bonchev–Trinajstić information content (AvgIpc) is 2.87. The molecule has 1 saturated heterocycles. The van der Waals surface area contributed by atoms with Crippen LogP contribution in [0.5, 0.6) is 0 Å². The van der Waals surface area contributed by atoms with Crippen LogP contribution in [0, 0.1) is 0 Å². The highest BCUT2D eigenvalue weighted by Crippen LogP contribution is 2.40. The summed E-state index contributed by atoms with van der Waals surface area (Å²) in [4.78, 5) is 28.7. The van der Waals surface area contributed by atoms with Gasteiger partial charge in [-0.1, -0.05) is 54.6 Å². The molecule has 0 aromatic heterocycles. The molecule has 34 heavy (non-hydrogen) atoms. The summed E-state index contributed by atoms with van der Waals surface area (Å²) in [6.45, 7) is 0.875. The highest BCUT2D eigenvalue weighted by Gasteiger charge is 2.29. The molecule has 1 heterocycles. The first-order chi connectivity index (χ1) is 16.4. The maximum Gasteiger partial charge on any atom is 0.337 e. The summed E-state index contributed by atoms with van der Waals surface area (Å²) in [5.74, 6) is -0.0445. The normalized spacial score (nSPS) is 15.9. The molecule has 3 aromatic rings. The number of anilines is 1. The lowest BCUT2D eigenvalue weighted by molar-refractivity contribution is 0.0600. The summed E-state index contributed by atoms with van der Waals surface area (Å²) in [6.07, 6.45) is 0. The minimum absolute atomic E-state index is 0.185. The number of carbonyl (C=O) groups is 2. The van der Waals surface area contributed by atoms with Gasteiger partial charge in [0.15, 0.2) is 0 Å². The van der Waals surface area contributed by atoms with Gasteiger partial charge in [-0.3, -0.25) is 14.0 Å². The van der Waals surface area contributed by atoms with Crippen molar-refractivity contribution in [3.63, 3.8) is 0 Å². The Morgan fingerprint density at radius 3 is 2.21 bits per heavy atom. The van der Waals surface area contributed by atoms with Crippen LogP contribution in [0.15, 0.2) is 78.9 Å². The monoisotopic (exact) mass is 480 g/mol. The van der Waals surface area contributed by atoms with E-state index in [4.69, 9.17) is 4.74 Å². The molecular formula is C26H28N2O5S. The predicted molar refractivity (Wildman–Crippen MR) is 135 cm³/mol. The van der Waals surface area contributed by atoms with Crippen LogP contribution in [-0.4, -0.2) is 57.7 Å². The Hall–Kier alpha value is -3.33. The Morgan fingerprint density at radius 1 is 0.912 bits per heavy atom. The molecule has 4 rings (SSSR count). The van der Waals surface area contributed by atoms with E-state index in [0.717, 1.165) is 22.4 Å². The summed E-state index contributed by atoms with van der Waals surface area (Å²) in [6, 6.07) is 24.5. The molecule has 2 N–H and O–H groups in total. The zero-order valence-corrected chi connectivity index (χ0v) is 19.8. The van der Waals surface area contributed by atoms with Crippen LogP contribution in [0.2, 0.25) is 0 Å². The van der Waals surface area contributed by atoms with Gasteiger partial charge in [-0.25, -0.2) is 9.59 Å². The highest BCUT2D eigenvalue weighted by atomic mass is 32.3. The molecular weight excluding hydrogens is 452 g/mol. The van der Waals surface area contributed by atoms with E-state index in [1.807, 2.05) is 54.6 Å². The van der Waals surface area contributed by atoms with Crippen molar-refractivity contribution in [3.8, 4) is 11.1 Å². The second kappa shape index (κ2) is 10.3. The number of esters is 1. The van der Waals surface area contributed by atoms with Crippen LogP contribution >= 0.6 is 10.6 Å². The Morgan fingerprint density at radius 2 is 1.56 bits per heavy atom. The molecule has 0 bridgehead atoms. The number of nitrogens with zero attached hydrogens (tertiary/aromatic N) is 2. The van der Waals surface area contributed by atoms with Gasteiger partial charge in [0.1, 0.15) is 0 Å². The standard InChI is InChI=1S/C26H28N2O5S/c1-33-25(29)22-12-10-20(11-13-22)19-28(26(30)27-14-16-34(31,32)17-15-27)24-9-5-8-23(18-24)21-6-3-2-4-7-21/h2-13,18,31-32H,14-17,19H2,1H3. The number of ether oxygens (including phenoxy) is 1. The van der Waals surface area contributed by atoms with Crippen LogP contribution in [-0.2, 0) is 11.3 Å². The first-order valence-electron chi connectivity index (χ1n) is 11.0. The van der Waals surface area contributed by atoms with Gasteiger partial charge in [-0.15, -0.1) is 0 Å². The molecule has 0 saturated carbocycles. The van der Waals surface area contributed by atoms with E-state index in [0.29, 0.717) is 12.1 Å². The van der Waals surface area contributed by atoms with Crippen LogP contribution in [0.25, 0.3) is 11.1 Å². The third kappa shape index (κ3) is 5.59. The Labute approximate surface area is 200 Å². The highest BCUT2D eigenvalue weighted by molar-refractivity contribution is 8.24. The van der Waals surface area contributed by atoms with Crippen LogP contribution < -0.4 is 4.90 Å². The van der Waals surface area contributed by atoms with Gasteiger partial charge in [0.05, 0.1) is 30.7 Å². The van der Waals surface area contributed by atoms with E-state index in [9.17, 15) is 18.7 Å². The Bertz CT molecular complexity index is 1140. The molecule has 1 aliphatic rings. The largest absolute Gasteiger partial charge is 0.465 e. The number of rotatable bonds is 5. The van der Waals surface area contributed by atoms with Gasteiger partial charge < -0.3 is 9.64 Å². The lowest BCUT2D eigenvalue weighted by Gasteiger charge is -2.42. The van der Waals surface area contributed by atoms with Crippen LogP contribution in [0.3, 0.4) is 0 Å². The first kappa shape index (κ1) is 23.8. The van der Waals surface area contributed by atoms with Gasteiger partial charge in [0, 0.05) is 18.8 Å². The van der Waals surface area contributed by atoms with E-state index in [-0.39, 0.29) is 30.6 Å². The molecule has 0 spiro atoms. The molecule has 0 atom stereocenters. The number of carbonyl (C=O) groups excluding carboxylic acids is 2. The molecule has 0 aliphatic carbocycles. The minimum Gasteiger partial charge on any atom is -0.465 e. The van der Waals surface area contributed by atoms with E-state index < -0.39 is 16.6 Å². The number of amides is 2. The predicted octanol–water partition coefficient (Wildman–Crippen LogP) is 5.33. The number of urea groups is 1. The fraction of sp³-hybridized carbons (Fsp3) is 0.231. The Balaban J connectivity index is 1.64. The van der Waals surface area contributed by atoms with Crippen LogP contribution in [0.4, 0.5) is 10.5 Å². The van der Waals surface area contributed by atoms with Gasteiger partial charge in [-0.05, 0) is 41.0 Å². The fourth-order valence-electron chi connectivity index (χ4n) is 3.89. The third-order valence-corrected chi connectivity index (χ3v) is 7.53. The summed E-state index contributed by atoms with van der Waals surface area (Å²) in [5, 5.41) is 0. The first-order valence-corrected chi connectivity index (χ1v) is 12.9. The molecule has 0 unspecified atom stereocenters. The summed E-state index contributed by atoms with van der Waals surface area (Å²) in [7, 11) is -1.28. The van der Waals surface area contributed by atoms with E-state index in [2.05, 4.69) is 0 Å². The van der Waals surface area contributed by atoms with E-state index in [1.165, 1.54) is 7.11 Å². The zero-order valence-electron chi connectivity index (χ0n) is 19.0. The second-order valence-electron chi connectivity index (χ2n) is 8.17. The molecule has 1 fully saturated rings. The number of methoxy groups -OCH3 is 1. The third-order valence-electron chi connectivity index (χ3n) is 5.86. The number of hydrogen-bond donors (Lipinski definition) is 2. The zero-order chi connectivity index (χ0) is 24.1. The van der Waals surface area contributed by atoms with Crippen molar-refractivity contribution in [2.75, 3.05) is 36.6 Å². The molecule has 7 nitrogen and oxygen atoms in total. The molecule has 2 amide bonds. The van der Waals surface area contributed by atoms with Gasteiger partial charge >= 0.3 is 12.0 Å². The topological polar surface area (TPSA) is 90.3 Å². The lowest BCUT2D eigenvalue weighted by Crippen LogP contribution is -2.48. The van der Waals surface area contributed by atoms with Crippen molar-refractivity contribution < 1.29 is 23.4 Å². The summed E-state index contributed by atoms with van der Waals surface area (Å²) < 4.78 is 24.7. The van der Waals surface area contributed by atoms with Crippen molar-refractivity contribution in [3.05, 3.63) is 90.0 Å². The van der Waals surface area contributed by atoms with Crippen molar-refractivity contribution in [2.24, 2.45) is 0 Å². The van der Waals surface area contributed by atoms with E-state index >= 15 is 0 Å². The fourth-order valence-corrected chi connectivity index (χ4v) is 5.12. The van der Waals surface area contributed by atoms with Crippen molar-refractivity contribution in [1.82, 2.24) is 4.90 Å². The molecule has 178 valence electrons. The van der Waals surface area contributed by atoms with Crippen LogP contribution in [0.1, 0.15) is 15.9 Å².